The number of aromatic hydroxyl groups is 1. The van der Waals surface area contributed by atoms with Crippen molar-refractivity contribution in [3.8, 4) is 5.75 Å². The summed E-state index contributed by atoms with van der Waals surface area (Å²) in [5.41, 5.74) is 1.97. The van der Waals surface area contributed by atoms with Crippen LogP contribution in [0.25, 0.3) is 0 Å². The van der Waals surface area contributed by atoms with Crippen LogP contribution in [0.2, 0.25) is 0 Å². The molecule has 1 aromatic heterocycles. The molecule has 0 radical (unpaired) electrons. The van der Waals surface area contributed by atoms with E-state index in [1.54, 1.807) is 29.5 Å². The molecule has 1 saturated heterocycles. The fourth-order valence-corrected chi connectivity index (χ4v) is 3.19. The number of benzene rings is 1. The van der Waals surface area contributed by atoms with Crippen LogP contribution in [0.4, 0.5) is 0 Å². The fraction of sp³-hybridized carbons (Fsp3) is 0.312. The lowest BCUT2D eigenvalue weighted by Crippen LogP contribution is -2.42. The van der Waals surface area contributed by atoms with Crippen LogP contribution in [0.1, 0.15) is 17.2 Å². The molecule has 1 atom stereocenters. The van der Waals surface area contributed by atoms with Crippen molar-refractivity contribution in [3.63, 3.8) is 0 Å². The number of ether oxygens (including phenoxy) is 1. The van der Waals surface area contributed by atoms with E-state index in [0.29, 0.717) is 26.1 Å². The zero-order valence-corrected chi connectivity index (χ0v) is 12.4. The molecule has 1 aliphatic heterocycles. The molecule has 0 bridgehead atoms. The van der Waals surface area contributed by atoms with Crippen molar-refractivity contribution >= 4 is 17.2 Å². The van der Waals surface area contributed by atoms with E-state index in [1.165, 1.54) is 0 Å². The van der Waals surface area contributed by atoms with Gasteiger partial charge in [-0.2, -0.15) is 11.3 Å². The Bertz CT molecular complexity index is 612. The van der Waals surface area contributed by atoms with E-state index < -0.39 is 0 Å². The van der Waals surface area contributed by atoms with Crippen LogP contribution in [-0.2, 0) is 16.0 Å². The number of morpholine rings is 1. The summed E-state index contributed by atoms with van der Waals surface area (Å²) in [5.74, 6) is 0.266. The van der Waals surface area contributed by atoms with Gasteiger partial charge in [0, 0.05) is 6.54 Å². The van der Waals surface area contributed by atoms with Crippen molar-refractivity contribution in [2.45, 2.75) is 12.5 Å². The highest BCUT2D eigenvalue weighted by Gasteiger charge is 2.25. The SMILES string of the molecule is O=C(Cc1cccc(O)c1)N1CCOC(c2ccsc2)C1. The third-order valence-corrected chi connectivity index (χ3v) is 4.30. The van der Waals surface area contributed by atoms with Crippen LogP contribution in [0.3, 0.4) is 0 Å². The minimum atomic E-state index is -0.0295. The second-order valence-corrected chi connectivity index (χ2v) is 5.88. The first kappa shape index (κ1) is 14.1. The van der Waals surface area contributed by atoms with Gasteiger partial charge in [0.1, 0.15) is 11.9 Å². The van der Waals surface area contributed by atoms with Gasteiger partial charge in [0.2, 0.25) is 5.91 Å². The van der Waals surface area contributed by atoms with E-state index in [0.717, 1.165) is 11.1 Å². The Kier molecular flexibility index (Phi) is 4.22. The Hall–Kier alpha value is -1.85. The highest BCUT2D eigenvalue weighted by molar-refractivity contribution is 7.07. The number of carbonyl (C=O) groups is 1. The average Bonchev–Trinajstić information content (AvgIpc) is 3.02. The molecule has 0 saturated carbocycles. The Labute approximate surface area is 127 Å². The maximum atomic E-state index is 12.4. The van der Waals surface area contributed by atoms with Gasteiger partial charge in [-0.3, -0.25) is 4.79 Å². The molecule has 1 unspecified atom stereocenters. The molecule has 110 valence electrons. The number of phenolic OH excluding ortho intramolecular Hbond substituents is 1. The molecule has 1 aromatic carbocycles. The summed E-state index contributed by atoms with van der Waals surface area (Å²) in [5, 5.41) is 13.5. The Balaban J connectivity index is 1.64. The quantitative estimate of drug-likeness (QED) is 0.948. The first-order chi connectivity index (χ1) is 10.2. The van der Waals surface area contributed by atoms with Crippen LogP contribution in [0.5, 0.6) is 5.75 Å². The van der Waals surface area contributed by atoms with Gasteiger partial charge in [-0.25, -0.2) is 0 Å². The van der Waals surface area contributed by atoms with E-state index in [4.69, 9.17) is 4.74 Å². The average molecular weight is 303 g/mol. The smallest absolute Gasteiger partial charge is 0.227 e. The second-order valence-electron chi connectivity index (χ2n) is 5.10. The van der Waals surface area contributed by atoms with Crippen molar-refractivity contribution in [1.82, 2.24) is 4.90 Å². The largest absolute Gasteiger partial charge is 0.508 e. The van der Waals surface area contributed by atoms with Crippen LogP contribution in [-0.4, -0.2) is 35.6 Å². The molecular formula is C16H17NO3S. The lowest BCUT2D eigenvalue weighted by Gasteiger charge is -2.33. The van der Waals surface area contributed by atoms with Crippen LogP contribution >= 0.6 is 11.3 Å². The number of amides is 1. The molecule has 21 heavy (non-hydrogen) atoms. The summed E-state index contributed by atoms with van der Waals surface area (Å²) in [7, 11) is 0. The van der Waals surface area contributed by atoms with Gasteiger partial charge in [-0.15, -0.1) is 0 Å². The van der Waals surface area contributed by atoms with Crippen molar-refractivity contribution < 1.29 is 14.6 Å². The third kappa shape index (κ3) is 3.43. The lowest BCUT2D eigenvalue weighted by atomic mass is 10.1. The molecular weight excluding hydrogens is 286 g/mol. The summed E-state index contributed by atoms with van der Waals surface area (Å²) in [6, 6.07) is 8.89. The zero-order chi connectivity index (χ0) is 14.7. The molecule has 2 aromatic rings. The van der Waals surface area contributed by atoms with Gasteiger partial charge in [-0.05, 0) is 40.1 Å². The van der Waals surface area contributed by atoms with Crippen molar-refractivity contribution in [2.75, 3.05) is 19.7 Å². The summed E-state index contributed by atoms with van der Waals surface area (Å²) in [4.78, 5) is 14.2. The van der Waals surface area contributed by atoms with Crippen molar-refractivity contribution in [3.05, 3.63) is 52.2 Å². The monoisotopic (exact) mass is 303 g/mol. The number of nitrogens with zero attached hydrogens (tertiary/aromatic N) is 1. The Morgan fingerprint density at radius 2 is 2.33 bits per heavy atom. The van der Waals surface area contributed by atoms with E-state index in [-0.39, 0.29) is 17.8 Å². The first-order valence-corrected chi connectivity index (χ1v) is 7.86. The van der Waals surface area contributed by atoms with E-state index >= 15 is 0 Å². The highest BCUT2D eigenvalue weighted by atomic mass is 32.1. The van der Waals surface area contributed by atoms with E-state index in [1.807, 2.05) is 22.4 Å². The maximum absolute atomic E-state index is 12.4. The topological polar surface area (TPSA) is 49.8 Å². The van der Waals surface area contributed by atoms with Crippen LogP contribution in [0.15, 0.2) is 41.1 Å². The molecule has 1 aliphatic rings. The van der Waals surface area contributed by atoms with Crippen LogP contribution in [0, 0.1) is 0 Å². The lowest BCUT2D eigenvalue weighted by molar-refractivity contribution is -0.138. The van der Waals surface area contributed by atoms with E-state index in [9.17, 15) is 9.90 Å². The minimum absolute atomic E-state index is 0.0295. The van der Waals surface area contributed by atoms with Crippen molar-refractivity contribution in [1.29, 1.82) is 0 Å². The molecule has 2 heterocycles. The summed E-state index contributed by atoms with van der Waals surface area (Å²) in [6.07, 6.45) is 0.281. The predicted molar refractivity (Wildman–Crippen MR) is 81.4 cm³/mol. The molecule has 0 aliphatic carbocycles. The highest BCUT2D eigenvalue weighted by Crippen LogP contribution is 2.24. The van der Waals surface area contributed by atoms with E-state index in [2.05, 4.69) is 5.38 Å². The number of carbonyl (C=O) groups excluding carboxylic acids is 1. The summed E-state index contributed by atoms with van der Waals surface area (Å²) >= 11 is 1.64. The maximum Gasteiger partial charge on any atom is 0.227 e. The third-order valence-electron chi connectivity index (χ3n) is 3.60. The summed E-state index contributed by atoms with van der Waals surface area (Å²) < 4.78 is 5.74. The molecule has 1 N–H and O–H groups in total. The van der Waals surface area contributed by atoms with Gasteiger partial charge in [0.25, 0.3) is 0 Å². The Morgan fingerprint density at radius 3 is 3.10 bits per heavy atom. The summed E-state index contributed by atoms with van der Waals surface area (Å²) in [6.45, 7) is 1.78. The number of phenols is 1. The number of thiophene rings is 1. The van der Waals surface area contributed by atoms with Crippen molar-refractivity contribution in [2.24, 2.45) is 0 Å². The minimum Gasteiger partial charge on any atom is -0.508 e. The molecule has 5 heteroatoms. The standard InChI is InChI=1S/C16H17NO3S/c18-14-3-1-2-12(8-14)9-16(19)17-5-6-20-15(10-17)13-4-7-21-11-13/h1-4,7-8,11,15,18H,5-6,9-10H2. The number of hydrogen-bond acceptors (Lipinski definition) is 4. The van der Waals surface area contributed by atoms with Crippen LogP contribution < -0.4 is 0 Å². The molecule has 1 amide bonds. The second kappa shape index (κ2) is 6.28. The first-order valence-electron chi connectivity index (χ1n) is 6.92. The van der Waals surface area contributed by atoms with Gasteiger partial charge in [0.05, 0.1) is 19.6 Å². The molecule has 4 nitrogen and oxygen atoms in total. The number of hydrogen-bond donors (Lipinski definition) is 1. The van der Waals surface area contributed by atoms with Gasteiger partial charge < -0.3 is 14.7 Å². The number of rotatable bonds is 3. The van der Waals surface area contributed by atoms with Gasteiger partial charge >= 0.3 is 0 Å². The molecule has 0 spiro atoms. The molecule has 3 rings (SSSR count). The van der Waals surface area contributed by atoms with Gasteiger partial charge in [0.15, 0.2) is 0 Å². The fourth-order valence-electron chi connectivity index (χ4n) is 2.49. The van der Waals surface area contributed by atoms with Gasteiger partial charge in [-0.1, -0.05) is 12.1 Å². The molecule has 1 fully saturated rings. The zero-order valence-electron chi connectivity index (χ0n) is 11.6. The predicted octanol–water partition coefficient (Wildman–Crippen LogP) is 2.60. The Morgan fingerprint density at radius 1 is 1.43 bits per heavy atom. The normalized spacial score (nSPS) is 18.7.